The maximum Gasteiger partial charge on any atom is 0.268 e. The molecule has 1 aromatic carbocycles. The SMILES string of the molecule is CC1C=CC(C(C)NC(=O)c2cc3cc(OC(C)C)ccc3[nH]2)=CC1. The van der Waals surface area contributed by atoms with Gasteiger partial charge in [-0.05, 0) is 62.9 Å². The molecule has 4 nitrogen and oxygen atoms in total. The second kappa shape index (κ2) is 7.18. The van der Waals surface area contributed by atoms with Crippen LogP contribution < -0.4 is 10.1 Å². The topological polar surface area (TPSA) is 54.1 Å². The smallest absolute Gasteiger partial charge is 0.268 e. The summed E-state index contributed by atoms with van der Waals surface area (Å²) in [4.78, 5) is 15.8. The maximum atomic E-state index is 12.6. The molecule has 2 unspecified atom stereocenters. The summed E-state index contributed by atoms with van der Waals surface area (Å²) >= 11 is 0. The third-order valence-corrected chi connectivity index (χ3v) is 4.40. The normalized spacial score (nSPS) is 18.3. The Labute approximate surface area is 149 Å². The Balaban J connectivity index is 1.72. The van der Waals surface area contributed by atoms with Crippen LogP contribution in [0.1, 0.15) is 44.6 Å². The van der Waals surface area contributed by atoms with E-state index in [1.54, 1.807) is 0 Å². The van der Waals surface area contributed by atoms with Gasteiger partial charge in [-0.15, -0.1) is 0 Å². The summed E-state index contributed by atoms with van der Waals surface area (Å²) in [6.45, 7) is 8.20. The van der Waals surface area contributed by atoms with E-state index in [-0.39, 0.29) is 18.1 Å². The summed E-state index contributed by atoms with van der Waals surface area (Å²) in [5, 5.41) is 4.04. The lowest BCUT2D eigenvalue weighted by Gasteiger charge is -2.19. The van der Waals surface area contributed by atoms with Gasteiger partial charge in [-0.2, -0.15) is 0 Å². The first-order valence-corrected chi connectivity index (χ1v) is 8.91. The summed E-state index contributed by atoms with van der Waals surface area (Å²) < 4.78 is 5.72. The largest absolute Gasteiger partial charge is 0.491 e. The van der Waals surface area contributed by atoms with E-state index in [0.29, 0.717) is 11.6 Å². The lowest BCUT2D eigenvalue weighted by molar-refractivity contribution is 0.0941. The summed E-state index contributed by atoms with van der Waals surface area (Å²) in [6, 6.07) is 7.68. The Morgan fingerprint density at radius 2 is 2.08 bits per heavy atom. The van der Waals surface area contributed by atoms with E-state index in [2.05, 4.69) is 35.5 Å². The van der Waals surface area contributed by atoms with E-state index in [1.807, 2.05) is 45.0 Å². The van der Waals surface area contributed by atoms with E-state index in [1.165, 1.54) is 0 Å². The van der Waals surface area contributed by atoms with Gasteiger partial charge in [0.2, 0.25) is 0 Å². The molecule has 0 aliphatic heterocycles. The number of carbonyl (C=O) groups excluding carboxylic acids is 1. The molecule has 1 aliphatic carbocycles. The summed E-state index contributed by atoms with van der Waals surface area (Å²) in [6.07, 6.45) is 7.66. The van der Waals surface area contributed by atoms with Crippen molar-refractivity contribution in [2.45, 2.75) is 46.3 Å². The summed E-state index contributed by atoms with van der Waals surface area (Å²) in [5.41, 5.74) is 2.66. The van der Waals surface area contributed by atoms with Gasteiger partial charge < -0.3 is 15.0 Å². The first-order chi connectivity index (χ1) is 11.9. The predicted molar refractivity (Wildman–Crippen MR) is 102 cm³/mol. The van der Waals surface area contributed by atoms with Gasteiger partial charge in [0.1, 0.15) is 11.4 Å². The number of benzene rings is 1. The Morgan fingerprint density at radius 3 is 2.76 bits per heavy atom. The van der Waals surface area contributed by atoms with Crippen molar-refractivity contribution in [2.75, 3.05) is 0 Å². The van der Waals surface area contributed by atoms with Crippen LogP contribution in [0.5, 0.6) is 5.75 Å². The summed E-state index contributed by atoms with van der Waals surface area (Å²) in [5.74, 6) is 1.29. The zero-order valence-electron chi connectivity index (χ0n) is 15.3. The minimum Gasteiger partial charge on any atom is -0.491 e. The van der Waals surface area contributed by atoms with Gasteiger partial charge in [-0.3, -0.25) is 4.79 Å². The molecule has 1 amide bonds. The fourth-order valence-electron chi connectivity index (χ4n) is 3.00. The number of hydrogen-bond acceptors (Lipinski definition) is 2. The van der Waals surface area contributed by atoms with Crippen molar-refractivity contribution < 1.29 is 9.53 Å². The van der Waals surface area contributed by atoms with Crippen LogP contribution in [0.25, 0.3) is 10.9 Å². The van der Waals surface area contributed by atoms with Crippen molar-refractivity contribution in [2.24, 2.45) is 5.92 Å². The molecular weight excluding hydrogens is 312 g/mol. The zero-order valence-corrected chi connectivity index (χ0v) is 15.3. The fraction of sp³-hybridized carbons (Fsp3) is 0.381. The molecule has 1 heterocycles. The minimum atomic E-state index is -0.0945. The number of aromatic nitrogens is 1. The van der Waals surface area contributed by atoms with Crippen LogP contribution in [-0.4, -0.2) is 23.0 Å². The second-order valence-corrected chi connectivity index (χ2v) is 7.07. The third kappa shape index (κ3) is 4.13. The predicted octanol–water partition coefficient (Wildman–Crippen LogP) is 4.60. The molecule has 0 saturated carbocycles. The average Bonchev–Trinajstić information content (AvgIpc) is 2.98. The van der Waals surface area contributed by atoms with E-state index in [9.17, 15) is 4.79 Å². The highest BCUT2D eigenvalue weighted by molar-refractivity contribution is 5.98. The van der Waals surface area contributed by atoms with Crippen molar-refractivity contribution in [1.82, 2.24) is 10.3 Å². The number of allylic oxidation sites excluding steroid dienone is 2. The fourth-order valence-corrected chi connectivity index (χ4v) is 3.00. The second-order valence-electron chi connectivity index (χ2n) is 7.07. The Kier molecular flexibility index (Phi) is 4.98. The van der Waals surface area contributed by atoms with E-state index >= 15 is 0 Å². The van der Waals surface area contributed by atoms with Crippen molar-refractivity contribution in [1.29, 1.82) is 0 Å². The highest BCUT2D eigenvalue weighted by atomic mass is 16.5. The van der Waals surface area contributed by atoms with Crippen LogP contribution in [0.3, 0.4) is 0 Å². The van der Waals surface area contributed by atoms with Gasteiger partial charge in [0.15, 0.2) is 0 Å². The molecule has 25 heavy (non-hydrogen) atoms. The van der Waals surface area contributed by atoms with Gasteiger partial charge in [-0.25, -0.2) is 0 Å². The van der Waals surface area contributed by atoms with Crippen LogP contribution in [-0.2, 0) is 0 Å². The number of ether oxygens (including phenoxy) is 1. The molecule has 0 spiro atoms. The molecule has 0 bridgehead atoms. The number of fused-ring (bicyclic) bond motifs is 1. The van der Waals surface area contributed by atoms with Gasteiger partial charge >= 0.3 is 0 Å². The van der Waals surface area contributed by atoms with E-state index < -0.39 is 0 Å². The van der Waals surface area contributed by atoms with Crippen molar-refractivity contribution in [3.63, 3.8) is 0 Å². The molecular formula is C21H26N2O2. The third-order valence-electron chi connectivity index (χ3n) is 4.40. The highest BCUT2D eigenvalue weighted by Gasteiger charge is 2.16. The van der Waals surface area contributed by atoms with Crippen molar-refractivity contribution in [3.8, 4) is 5.75 Å². The number of rotatable bonds is 5. The Morgan fingerprint density at radius 1 is 1.28 bits per heavy atom. The highest BCUT2D eigenvalue weighted by Crippen LogP contribution is 2.23. The number of carbonyl (C=O) groups is 1. The number of H-pyrrole nitrogens is 1. The number of aromatic amines is 1. The molecule has 2 aromatic rings. The summed E-state index contributed by atoms with van der Waals surface area (Å²) in [7, 11) is 0. The molecule has 2 atom stereocenters. The first-order valence-electron chi connectivity index (χ1n) is 8.91. The Bertz CT molecular complexity index is 830. The first kappa shape index (κ1) is 17.3. The van der Waals surface area contributed by atoms with Crippen molar-refractivity contribution >= 4 is 16.8 Å². The number of nitrogens with one attached hydrogen (secondary N) is 2. The van der Waals surface area contributed by atoms with Crippen molar-refractivity contribution in [3.05, 3.63) is 53.8 Å². The number of amides is 1. The van der Waals surface area contributed by atoms with Crippen LogP contribution in [0.2, 0.25) is 0 Å². The minimum absolute atomic E-state index is 0.0116. The molecule has 0 saturated heterocycles. The molecule has 0 fully saturated rings. The molecule has 3 rings (SSSR count). The average molecular weight is 338 g/mol. The number of hydrogen-bond donors (Lipinski definition) is 2. The standard InChI is InChI=1S/C21H26N2O2/c1-13(2)25-18-9-10-19-17(11-18)12-20(23-19)21(24)22-15(4)16-7-5-14(3)6-8-16/h5,7-15,23H,6H2,1-4H3,(H,22,24). The molecule has 2 N–H and O–H groups in total. The molecule has 1 aromatic heterocycles. The maximum absolute atomic E-state index is 12.6. The van der Waals surface area contributed by atoms with E-state index in [4.69, 9.17) is 4.74 Å². The molecule has 0 radical (unpaired) electrons. The van der Waals surface area contributed by atoms with Gasteiger partial charge in [0.25, 0.3) is 5.91 Å². The van der Waals surface area contributed by atoms with Gasteiger partial charge in [0, 0.05) is 10.9 Å². The quantitative estimate of drug-likeness (QED) is 0.837. The zero-order chi connectivity index (χ0) is 18.0. The van der Waals surface area contributed by atoms with Crippen LogP contribution in [0, 0.1) is 5.92 Å². The van der Waals surface area contributed by atoms with E-state index in [0.717, 1.165) is 28.6 Å². The van der Waals surface area contributed by atoms with Gasteiger partial charge in [-0.1, -0.05) is 25.2 Å². The van der Waals surface area contributed by atoms with Crippen LogP contribution >= 0.6 is 0 Å². The van der Waals surface area contributed by atoms with Crippen LogP contribution in [0.15, 0.2) is 48.1 Å². The Hall–Kier alpha value is -2.49. The molecule has 4 heteroatoms. The van der Waals surface area contributed by atoms with Gasteiger partial charge in [0.05, 0.1) is 12.1 Å². The monoisotopic (exact) mass is 338 g/mol. The molecule has 1 aliphatic rings. The lowest BCUT2D eigenvalue weighted by Crippen LogP contribution is -2.34. The lowest BCUT2D eigenvalue weighted by atomic mass is 9.95. The molecule has 132 valence electrons. The van der Waals surface area contributed by atoms with Crippen LogP contribution in [0.4, 0.5) is 0 Å².